The summed E-state index contributed by atoms with van der Waals surface area (Å²) < 4.78 is 28.3. The van der Waals surface area contributed by atoms with Gasteiger partial charge < -0.3 is 10.5 Å². The molecule has 0 unspecified atom stereocenters. The summed E-state index contributed by atoms with van der Waals surface area (Å²) in [4.78, 5) is 1.96. The number of sulfonamides is 1. The van der Waals surface area contributed by atoms with Crippen molar-refractivity contribution < 1.29 is 13.2 Å². The summed E-state index contributed by atoms with van der Waals surface area (Å²) in [6.45, 7) is 0. The van der Waals surface area contributed by atoms with E-state index in [1.807, 2.05) is 4.83 Å². The van der Waals surface area contributed by atoms with Crippen molar-refractivity contribution in [3.05, 3.63) is 23.2 Å². The van der Waals surface area contributed by atoms with Gasteiger partial charge in [-0.05, 0) is 30.4 Å². The van der Waals surface area contributed by atoms with E-state index in [1.165, 1.54) is 25.3 Å². The molecule has 9 heteroatoms. The highest BCUT2D eigenvalue weighted by molar-refractivity contribution is 7.89. The van der Waals surface area contributed by atoms with E-state index in [1.54, 1.807) is 0 Å². The van der Waals surface area contributed by atoms with Gasteiger partial charge >= 0.3 is 0 Å². The van der Waals surface area contributed by atoms with Crippen LogP contribution in [-0.2, 0) is 10.0 Å². The van der Waals surface area contributed by atoms with Crippen LogP contribution in [-0.4, -0.2) is 20.6 Å². The van der Waals surface area contributed by atoms with Gasteiger partial charge in [-0.15, -0.1) is 4.83 Å². The van der Waals surface area contributed by atoms with Crippen LogP contribution >= 0.6 is 23.8 Å². The molecular weight excluding hydrogens is 286 g/mol. The fourth-order valence-corrected chi connectivity index (χ4v) is 2.31. The van der Waals surface area contributed by atoms with E-state index in [9.17, 15) is 8.42 Å². The number of ether oxygens (including phenoxy) is 1. The molecule has 1 aromatic rings. The standard InChI is InChI=1S/C8H10ClN3O3S2/c1-15-7-3-2-5(4-6(7)9)17(13,14)12-11-8(10)16/h2-4,12H,1H3,(H3,10,11,16). The van der Waals surface area contributed by atoms with Crippen molar-refractivity contribution in [3.63, 3.8) is 0 Å². The molecule has 0 heterocycles. The first-order chi connectivity index (χ1) is 7.86. The molecule has 0 radical (unpaired) electrons. The van der Waals surface area contributed by atoms with E-state index in [-0.39, 0.29) is 15.0 Å². The second-order valence-electron chi connectivity index (χ2n) is 2.89. The van der Waals surface area contributed by atoms with Crippen molar-refractivity contribution in [1.29, 1.82) is 0 Å². The van der Waals surface area contributed by atoms with Crippen LogP contribution in [0.5, 0.6) is 5.75 Å². The van der Waals surface area contributed by atoms with Crippen molar-refractivity contribution in [3.8, 4) is 5.75 Å². The molecule has 0 aliphatic rings. The number of hydrogen-bond donors (Lipinski definition) is 3. The zero-order valence-corrected chi connectivity index (χ0v) is 11.1. The largest absolute Gasteiger partial charge is 0.495 e. The average molecular weight is 296 g/mol. The maximum atomic E-state index is 11.7. The lowest BCUT2D eigenvalue weighted by atomic mass is 10.3. The van der Waals surface area contributed by atoms with Crippen molar-refractivity contribution in [1.82, 2.24) is 10.3 Å². The Hall–Kier alpha value is -1.09. The predicted octanol–water partition coefficient (Wildman–Crippen LogP) is 0.375. The van der Waals surface area contributed by atoms with Gasteiger partial charge in [-0.2, -0.15) is 0 Å². The number of hydrogen-bond acceptors (Lipinski definition) is 4. The topological polar surface area (TPSA) is 93.5 Å². The quantitative estimate of drug-likeness (QED) is 0.549. The third-order valence-corrected chi connectivity index (χ3v) is 3.38. The summed E-state index contributed by atoms with van der Waals surface area (Å²) in [5, 5.41) is -0.00103. The SMILES string of the molecule is COc1ccc(S(=O)(=O)NNC(N)=S)cc1Cl. The molecule has 1 rings (SSSR count). The van der Waals surface area contributed by atoms with Gasteiger partial charge in [-0.3, -0.25) is 5.43 Å². The zero-order valence-electron chi connectivity index (χ0n) is 8.73. The van der Waals surface area contributed by atoms with Crippen LogP contribution < -0.4 is 20.7 Å². The smallest absolute Gasteiger partial charge is 0.257 e. The lowest BCUT2D eigenvalue weighted by Crippen LogP contribution is -2.44. The molecule has 17 heavy (non-hydrogen) atoms. The number of benzene rings is 1. The number of nitrogens with two attached hydrogens (primary N) is 1. The van der Waals surface area contributed by atoms with Gasteiger partial charge in [0.05, 0.1) is 17.0 Å². The molecule has 0 amide bonds. The first-order valence-electron chi connectivity index (χ1n) is 4.27. The summed E-state index contributed by atoms with van der Waals surface area (Å²) in [6, 6.07) is 4.04. The molecule has 6 nitrogen and oxygen atoms in total. The Kier molecular flexibility index (Phi) is 4.52. The number of thiocarbonyl (C=S) groups is 1. The van der Waals surface area contributed by atoms with Gasteiger partial charge in [0.15, 0.2) is 5.11 Å². The highest BCUT2D eigenvalue weighted by Gasteiger charge is 2.15. The molecule has 0 fully saturated rings. The fourth-order valence-electron chi connectivity index (χ4n) is 0.991. The van der Waals surface area contributed by atoms with Crippen LogP contribution in [0.25, 0.3) is 0 Å². The highest BCUT2D eigenvalue weighted by atomic mass is 35.5. The van der Waals surface area contributed by atoms with Crippen LogP contribution in [0.2, 0.25) is 5.02 Å². The number of rotatable bonds is 4. The van der Waals surface area contributed by atoms with Gasteiger partial charge in [0, 0.05) is 0 Å². The first-order valence-corrected chi connectivity index (χ1v) is 6.54. The highest BCUT2D eigenvalue weighted by Crippen LogP contribution is 2.26. The van der Waals surface area contributed by atoms with Crippen LogP contribution in [0.15, 0.2) is 23.1 Å². The number of hydrazine groups is 1. The maximum Gasteiger partial charge on any atom is 0.257 e. The number of halogens is 1. The minimum absolute atomic E-state index is 0.0351. The molecule has 0 aliphatic carbocycles. The lowest BCUT2D eigenvalue weighted by Gasteiger charge is -2.09. The molecule has 0 saturated carbocycles. The minimum Gasteiger partial charge on any atom is -0.495 e. The molecule has 0 aromatic heterocycles. The van der Waals surface area contributed by atoms with Crippen LogP contribution in [0.4, 0.5) is 0 Å². The second-order valence-corrected chi connectivity index (χ2v) is 5.42. The Bertz CT molecular complexity index is 533. The van der Waals surface area contributed by atoms with Crippen LogP contribution in [0.1, 0.15) is 0 Å². The van der Waals surface area contributed by atoms with Crippen LogP contribution in [0.3, 0.4) is 0 Å². The summed E-state index contributed by atoms with van der Waals surface area (Å²) in [5.74, 6) is 0.382. The Morgan fingerprint density at radius 1 is 1.53 bits per heavy atom. The van der Waals surface area contributed by atoms with E-state index in [4.69, 9.17) is 22.1 Å². The van der Waals surface area contributed by atoms with E-state index < -0.39 is 10.0 Å². The molecular formula is C8H10ClN3O3S2. The van der Waals surface area contributed by atoms with Gasteiger partial charge in [-0.1, -0.05) is 11.6 Å². The van der Waals surface area contributed by atoms with E-state index in [0.717, 1.165) is 0 Å². The molecule has 0 bridgehead atoms. The van der Waals surface area contributed by atoms with Crippen molar-refractivity contribution in [2.75, 3.05) is 7.11 Å². The van der Waals surface area contributed by atoms with Gasteiger partial charge in [0.25, 0.3) is 10.0 Å². The summed E-state index contributed by atoms with van der Waals surface area (Å²) >= 11 is 10.3. The Labute approximate surface area is 109 Å². The fraction of sp³-hybridized carbons (Fsp3) is 0.125. The minimum atomic E-state index is -3.77. The number of nitrogens with one attached hydrogen (secondary N) is 2. The molecule has 94 valence electrons. The molecule has 4 N–H and O–H groups in total. The average Bonchev–Trinajstić information content (AvgIpc) is 2.26. The molecule has 0 atom stereocenters. The van der Waals surface area contributed by atoms with Crippen molar-refractivity contribution in [2.24, 2.45) is 5.73 Å². The van der Waals surface area contributed by atoms with Gasteiger partial charge in [0.1, 0.15) is 5.75 Å². The lowest BCUT2D eigenvalue weighted by molar-refractivity contribution is 0.414. The van der Waals surface area contributed by atoms with Crippen molar-refractivity contribution in [2.45, 2.75) is 4.90 Å². The summed E-state index contributed by atoms with van der Waals surface area (Å²) in [6.07, 6.45) is 0. The van der Waals surface area contributed by atoms with E-state index >= 15 is 0 Å². The number of methoxy groups -OCH3 is 1. The first kappa shape index (κ1) is 14.0. The van der Waals surface area contributed by atoms with Crippen molar-refractivity contribution >= 4 is 39.0 Å². The Morgan fingerprint density at radius 2 is 2.18 bits per heavy atom. The van der Waals surface area contributed by atoms with Gasteiger partial charge in [-0.25, -0.2) is 8.42 Å². The monoisotopic (exact) mass is 295 g/mol. The zero-order chi connectivity index (χ0) is 13.1. The Morgan fingerprint density at radius 3 is 2.65 bits per heavy atom. The molecule has 1 aromatic carbocycles. The second kappa shape index (κ2) is 5.50. The molecule has 0 aliphatic heterocycles. The Balaban J connectivity index is 2.99. The third-order valence-electron chi connectivity index (χ3n) is 1.74. The third kappa shape index (κ3) is 3.70. The van der Waals surface area contributed by atoms with Crippen LogP contribution in [0, 0.1) is 0 Å². The van der Waals surface area contributed by atoms with Gasteiger partial charge in [0.2, 0.25) is 0 Å². The summed E-state index contributed by atoms with van der Waals surface area (Å²) in [7, 11) is -2.34. The predicted molar refractivity (Wildman–Crippen MR) is 68.2 cm³/mol. The van der Waals surface area contributed by atoms with E-state index in [2.05, 4.69) is 17.6 Å². The summed E-state index contributed by atoms with van der Waals surface area (Å²) in [5.41, 5.74) is 7.23. The normalized spacial score (nSPS) is 10.9. The van der Waals surface area contributed by atoms with E-state index in [0.29, 0.717) is 5.75 Å². The maximum absolute atomic E-state index is 11.7. The molecule has 0 saturated heterocycles. The molecule has 0 spiro atoms.